The quantitative estimate of drug-likeness (QED) is 0.337. The highest BCUT2D eigenvalue weighted by Crippen LogP contribution is 2.56. The Balaban J connectivity index is 0.00000111. The third-order valence-corrected chi connectivity index (χ3v) is 7.31. The van der Waals surface area contributed by atoms with Gasteiger partial charge in [0.05, 0.1) is 6.04 Å². The number of para-hydroxylation sites is 1. The van der Waals surface area contributed by atoms with Gasteiger partial charge in [-0.2, -0.15) is 0 Å². The molecule has 3 nitrogen and oxygen atoms in total. The van der Waals surface area contributed by atoms with Crippen LogP contribution >= 0.6 is 0 Å². The fourth-order valence-electron chi connectivity index (χ4n) is 5.81. The van der Waals surface area contributed by atoms with Crippen molar-refractivity contribution in [3.63, 3.8) is 0 Å². The second kappa shape index (κ2) is 9.35. The molecule has 0 saturated heterocycles. The number of H-pyrrole nitrogens is 1. The summed E-state index contributed by atoms with van der Waals surface area (Å²) >= 11 is 0. The minimum atomic E-state index is 0.201. The molecule has 6 rings (SSSR count). The van der Waals surface area contributed by atoms with Gasteiger partial charge < -0.3 is 15.0 Å². The van der Waals surface area contributed by atoms with E-state index in [1.807, 2.05) is 32.0 Å². The van der Waals surface area contributed by atoms with Crippen molar-refractivity contribution in [3.8, 4) is 5.75 Å². The molecule has 0 radical (unpaired) electrons. The minimum Gasteiger partial charge on any atom is -0.489 e. The number of hydrogen-bond donors (Lipinski definition) is 2. The number of anilines is 1. The summed E-state index contributed by atoms with van der Waals surface area (Å²) in [4.78, 5) is 3.53. The van der Waals surface area contributed by atoms with E-state index >= 15 is 0 Å². The van der Waals surface area contributed by atoms with Crippen LogP contribution < -0.4 is 10.1 Å². The topological polar surface area (TPSA) is 37.0 Å². The monoisotopic (exact) mass is 438 g/mol. The van der Waals surface area contributed by atoms with E-state index in [9.17, 15) is 0 Å². The fraction of sp³-hybridized carbons (Fsp3) is 0.333. The standard InChI is InChI=1S/C28H28N2O.C2H6/c1-3-9-20(10-4-1)19-31-21-13-14-22-23(18-29-26(22)17-21)27-28(15-7-2-8-16-28)24-11-5-6-12-25(24)30-27;1-2/h1,3-6,9-14,17-18,27,29-30H,2,7-8,15-16,19H2;1-2H3. The molecule has 1 fully saturated rings. The summed E-state index contributed by atoms with van der Waals surface area (Å²) in [6, 6.07) is 26.0. The van der Waals surface area contributed by atoms with Crippen molar-refractivity contribution >= 4 is 16.6 Å². The van der Waals surface area contributed by atoms with Crippen molar-refractivity contribution in [1.82, 2.24) is 4.98 Å². The van der Waals surface area contributed by atoms with Gasteiger partial charge in [-0.1, -0.05) is 81.6 Å². The first-order valence-electron chi connectivity index (χ1n) is 12.5. The molecule has 1 spiro atoms. The first-order chi connectivity index (χ1) is 16.3. The van der Waals surface area contributed by atoms with Crippen molar-refractivity contribution in [2.24, 2.45) is 0 Å². The molecule has 0 bridgehead atoms. The highest BCUT2D eigenvalue weighted by molar-refractivity contribution is 5.86. The molecular weight excluding hydrogens is 404 g/mol. The van der Waals surface area contributed by atoms with Crippen LogP contribution in [-0.4, -0.2) is 4.98 Å². The molecule has 1 aliphatic heterocycles. The van der Waals surface area contributed by atoms with Crippen LogP contribution in [0.4, 0.5) is 5.69 Å². The van der Waals surface area contributed by atoms with Gasteiger partial charge >= 0.3 is 0 Å². The van der Waals surface area contributed by atoms with Crippen LogP contribution in [0.3, 0.4) is 0 Å². The zero-order valence-corrected chi connectivity index (χ0v) is 19.7. The third-order valence-electron chi connectivity index (χ3n) is 7.31. The predicted octanol–water partition coefficient (Wildman–Crippen LogP) is 8.14. The summed E-state index contributed by atoms with van der Waals surface area (Å²) in [7, 11) is 0. The van der Waals surface area contributed by atoms with Crippen LogP contribution in [-0.2, 0) is 12.0 Å². The van der Waals surface area contributed by atoms with Crippen LogP contribution in [0.1, 0.15) is 68.7 Å². The first-order valence-corrected chi connectivity index (χ1v) is 12.5. The lowest BCUT2D eigenvalue weighted by Crippen LogP contribution is -2.34. The Hall–Kier alpha value is -3.20. The van der Waals surface area contributed by atoms with Crippen LogP contribution in [0.25, 0.3) is 10.9 Å². The van der Waals surface area contributed by atoms with E-state index in [0.717, 1.165) is 11.3 Å². The average molecular weight is 439 g/mol. The van der Waals surface area contributed by atoms with Crippen LogP contribution in [0.15, 0.2) is 79.0 Å². The van der Waals surface area contributed by atoms with E-state index in [-0.39, 0.29) is 5.41 Å². The van der Waals surface area contributed by atoms with Gasteiger partial charge in [-0.25, -0.2) is 0 Å². The number of nitrogens with one attached hydrogen (secondary N) is 2. The molecule has 33 heavy (non-hydrogen) atoms. The van der Waals surface area contributed by atoms with E-state index in [4.69, 9.17) is 4.74 Å². The molecule has 4 aromatic rings. The van der Waals surface area contributed by atoms with Crippen molar-refractivity contribution in [2.75, 3.05) is 5.32 Å². The Labute approximate surface area is 197 Å². The summed E-state index contributed by atoms with van der Waals surface area (Å²) in [6.07, 6.45) is 8.70. The Morgan fingerprint density at radius 3 is 2.45 bits per heavy atom. The van der Waals surface area contributed by atoms with E-state index in [1.165, 1.54) is 59.9 Å². The zero-order chi connectivity index (χ0) is 22.7. The van der Waals surface area contributed by atoms with E-state index in [0.29, 0.717) is 12.6 Å². The summed E-state index contributed by atoms with van der Waals surface area (Å²) < 4.78 is 6.06. The Kier molecular flexibility index (Phi) is 6.13. The van der Waals surface area contributed by atoms with Gasteiger partial charge in [0.25, 0.3) is 0 Å². The number of hydrogen-bond acceptors (Lipinski definition) is 2. The van der Waals surface area contributed by atoms with Crippen LogP contribution in [0, 0.1) is 0 Å². The van der Waals surface area contributed by atoms with E-state index in [2.05, 4.69) is 71.1 Å². The summed E-state index contributed by atoms with van der Waals surface area (Å²) in [5, 5.41) is 5.19. The van der Waals surface area contributed by atoms with Crippen LogP contribution in [0.2, 0.25) is 0 Å². The summed E-state index contributed by atoms with van der Waals surface area (Å²) in [5.41, 5.74) is 6.73. The lowest BCUT2D eigenvalue weighted by molar-refractivity contribution is 0.271. The average Bonchev–Trinajstić information content (AvgIpc) is 3.44. The number of rotatable bonds is 4. The van der Waals surface area contributed by atoms with Crippen molar-refractivity contribution in [2.45, 2.75) is 64.0 Å². The van der Waals surface area contributed by atoms with Crippen LogP contribution in [0.5, 0.6) is 5.75 Å². The lowest BCUT2D eigenvalue weighted by atomic mass is 9.65. The van der Waals surface area contributed by atoms with Gasteiger partial charge in [0.15, 0.2) is 0 Å². The maximum absolute atomic E-state index is 6.06. The maximum Gasteiger partial charge on any atom is 0.121 e. The van der Waals surface area contributed by atoms with Gasteiger partial charge in [0.1, 0.15) is 12.4 Å². The van der Waals surface area contributed by atoms with Gasteiger partial charge in [0, 0.05) is 39.8 Å². The normalized spacial score (nSPS) is 18.3. The number of aromatic nitrogens is 1. The SMILES string of the molecule is CC.c1ccc(COc2ccc3c(C4Nc5ccccc5C45CCCCC5)c[nH]c3c2)cc1. The molecular formula is C30H34N2O. The highest BCUT2D eigenvalue weighted by atomic mass is 16.5. The molecule has 2 aliphatic rings. The third kappa shape index (κ3) is 3.90. The summed E-state index contributed by atoms with van der Waals surface area (Å²) in [6.45, 7) is 4.59. The Bertz CT molecular complexity index is 1200. The molecule has 2 heterocycles. The first kappa shape index (κ1) is 21.6. The van der Waals surface area contributed by atoms with Crippen molar-refractivity contribution < 1.29 is 4.74 Å². The van der Waals surface area contributed by atoms with Crippen molar-refractivity contribution in [3.05, 3.63) is 95.7 Å². The zero-order valence-electron chi connectivity index (χ0n) is 19.7. The second-order valence-electron chi connectivity index (χ2n) is 9.07. The molecule has 1 unspecified atom stereocenters. The Morgan fingerprint density at radius 2 is 1.64 bits per heavy atom. The number of benzene rings is 3. The Morgan fingerprint density at radius 1 is 0.879 bits per heavy atom. The molecule has 1 saturated carbocycles. The number of aromatic amines is 1. The molecule has 2 N–H and O–H groups in total. The minimum absolute atomic E-state index is 0.201. The largest absolute Gasteiger partial charge is 0.489 e. The van der Waals surface area contributed by atoms with Crippen molar-refractivity contribution in [1.29, 1.82) is 0 Å². The smallest absolute Gasteiger partial charge is 0.121 e. The molecule has 1 atom stereocenters. The molecule has 1 aliphatic carbocycles. The fourth-order valence-corrected chi connectivity index (χ4v) is 5.81. The summed E-state index contributed by atoms with van der Waals surface area (Å²) in [5.74, 6) is 0.903. The molecule has 1 aromatic heterocycles. The van der Waals surface area contributed by atoms with Gasteiger partial charge in [-0.15, -0.1) is 0 Å². The number of fused-ring (bicyclic) bond motifs is 3. The van der Waals surface area contributed by atoms with Gasteiger partial charge in [-0.05, 0) is 42.2 Å². The second-order valence-corrected chi connectivity index (χ2v) is 9.07. The van der Waals surface area contributed by atoms with Gasteiger partial charge in [-0.3, -0.25) is 0 Å². The lowest BCUT2D eigenvalue weighted by Gasteiger charge is -2.39. The molecule has 3 aromatic carbocycles. The van der Waals surface area contributed by atoms with E-state index in [1.54, 1.807) is 0 Å². The number of ether oxygens (including phenoxy) is 1. The maximum atomic E-state index is 6.06. The van der Waals surface area contributed by atoms with Gasteiger partial charge in [0.2, 0.25) is 0 Å². The predicted molar refractivity (Wildman–Crippen MR) is 138 cm³/mol. The van der Waals surface area contributed by atoms with E-state index < -0.39 is 0 Å². The highest BCUT2D eigenvalue weighted by Gasteiger charge is 2.48. The molecule has 3 heteroatoms. The molecule has 0 amide bonds. The molecule has 170 valence electrons.